The maximum atomic E-state index is 6.13. The van der Waals surface area contributed by atoms with Gasteiger partial charge in [0.1, 0.15) is 5.75 Å². The van der Waals surface area contributed by atoms with Crippen molar-refractivity contribution in [2.45, 2.75) is 38.6 Å². The molecule has 1 aliphatic heterocycles. The highest BCUT2D eigenvalue weighted by molar-refractivity contribution is 5.60. The van der Waals surface area contributed by atoms with Gasteiger partial charge in [-0.15, -0.1) is 0 Å². The first kappa shape index (κ1) is 13.2. The molecule has 0 aliphatic carbocycles. The molecule has 0 spiro atoms. The Morgan fingerprint density at radius 1 is 1.17 bits per heavy atom. The molecular weight excluding hydrogens is 224 g/mol. The molecule has 1 aliphatic rings. The molecule has 3 nitrogen and oxygen atoms in total. The van der Waals surface area contributed by atoms with Crippen LogP contribution in [0.25, 0.3) is 0 Å². The highest BCUT2D eigenvalue weighted by Crippen LogP contribution is 2.34. The number of hydrogen-bond donors (Lipinski definition) is 1. The Labute approximate surface area is 110 Å². The normalized spacial score (nSPS) is 18.3. The van der Waals surface area contributed by atoms with Crippen molar-refractivity contribution in [2.75, 3.05) is 25.1 Å². The summed E-state index contributed by atoms with van der Waals surface area (Å²) in [5.74, 6) is 0.909. The van der Waals surface area contributed by atoms with E-state index < -0.39 is 0 Å². The van der Waals surface area contributed by atoms with E-state index in [4.69, 9.17) is 10.5 Å². The Morgan fingerprint density at radius 2 is 1.83 bits per heavy atom. The molecule has 1 aromatic carbocycles. The minimum atomic E-state index is -0.000553. The van der Waals surface area contributed by atoms with E-state index in [1.54, 1.807) is 7.11 Å². The molecule has 1 heterocycles. The minimum absolute atomic E-state index is 0.000553. The average molecular weight is 248 g/mol. The predicted octanol–water partition coefficient (Wildman–Crippen LogP) is 3.10. The van der Waals surface area contributed by atoms with Crippen LogP contribution in [0, 0.1) is 0 Å². The number of ether oxygens (including phenoxy) is 1. The molecule has 0 unspecified atom stereocenters. The van der Waals surface area contributed by atoms with Gasteiger partial charge in [-0.3, -0.25) is 0 Å². The first-order valence-electron chi connectivity index (χ1n) is 6.91. The third-order valence-corrected chi connectivity index (χ3v) is 3.67. The molecule has 1 saturated heterocycles. The second-order valence-electron chi connectivity index (χ2n) is 5.08. The van der Waals surface area contributed by atoms with E-state index in [2.05, 4.69) is 17.0 Å². The molecule has 2 N–H and O–H groups in total. The molecular formula is C15H24N2O. The molecule has 1 atom stereocenters. The van der Waals surface area contributed by atoms with Gasteiger partial charge in [0.2, 0.25) is 0 Å². The van der Waals surface area contributed by atoms with Gasteiger partial charge in [0.05, 0.1) is 7.11 Å². The Kier molecular flexibility index (Phi) is 4.48. The van der Waals surface area contributed by atoms with Gasteiger partial charge in [0.25, 0.3) is 0 Å². The van der Waals surface area contributed by atoms with Crippen LogP contribution in [0.15, 0.2) is 18.2 Å². The Morgan fingerprint density at radius 3 is 2.39 bits per heavy atom. The van der Waals surface area contributed by atoms with Crippen LogP contribution in [0.4, 0.5) is 5.69 Å². The van der Waals surface area contributed by atoms with E-state index in [1.165, 1.54) is 31.4 Å². The van der Waals surface area contributed by atoms with Crippen molar-refractivity contribution in [1.29, 1.82) is 0 Å². The number of anilines is 1. The van der Waals surface area contributed by atoms with Crippen molar-refractivity contribution in [3.8, 4) is 5.75 Å². The molecule has 0 aromatic heterocycles. The van der Waals surface area contributed by atoms with Crippen molar-refractivity contribution in [2.24, 2.45) is 5.73 Å². The maximum Gasteiger partial charge on any atom is 0.125 e. The van der Waals surface area contributed by atoms with Gasteiger partial charge in [-0.25, -0.2) is 0 Å². The number of nitrogens with two attached hydrogens (primary N) is 1. The summed E-state index contributed by atoms with van der Waals surface area (Å²) in [7, 11) is 1.72. The fourth-order valence-electron chi connectivity index (χ4n) is 2.76. The van der Waals surface area contributed by atoms with Gasteiger partial charge >= 0.3 is 0 Å². The van der Waals surface area contributed by atoms with Crippen LogP contribution in [0.1, 0.15) is 44.2 Å². The van der Waals surface area contributed by atoms with Gasteiger partial charge in [-0.1, -0.05) is 18.9 Å². The van der Waals surface area contributed by atoms with E-state index in [0.29, 0.717) is 0 Å². The van der Waals surface area contributed by atoms with Crippen LogP contribution in [-0.2, 0) is 0 Å². The van der Waals surface area contributed by atoms with Crippen LogP contribution < -0.4 is 15.4 Å². The van der Waals surface area contributed by atoms with Gasteiger partial charge in [-0.2, -0.15) is 0 Å². The van der Waals surface area contributed by atoms with Crippen LogP contribution in [0.2, 0.25) is 0 Å². The smallest absolute Gasteiger partial charge is 0.125 e. The first-order chi connectivity index (χ1) is 8.74. The molecule has 0 bridgehead atoms. The van der Waals surface area contributed by atoms with E-state index in [-0.39, 0.29) is 6.04 Å². The van der Waals surface area contributed by atoms with E-state index >= 15 is 0 Å². The predicted molar refractivity (Wildman–Crippen MR) is 76.3 cm³/mol. The zero-order valence-corrected chi connectivity index (χ0v) is 11.5. The van der Waals surface area contributed by atoms with Gasteiger partial charge < -0.3 is 15.4 Å². The van der Waals surface area contributed by atoms with Crippen molar-refractivity contribution in [3.63, 3.8) is 0 Å². The lowest BCUT2D eigenvalue weighted by Gasteiger charge is -2.27. The number of methoxy groups -OCH3 is 1. The summed E-state index contributed by atoms with van der Waals surface area (Å²) in [4.78, 5) is 2.47. The summed E-state index contributed by atoms with van der Waals surface area (Å²) in [5.41, 5.74) is 8.53. The number of rotatable bonds is 3. The van der Waals surface area contributed by atoms with Gasteiger partial charge in [0.15, 0.2) is 0 Å². The zero-order chi connectivity index (χ0) is 13.0. The van der Waals surface area contributed by atoms with E-state index in [1.807, 2.05) is 13.0 Å². The Hall–Kier alpha value is -1.22. The molecule has 0 radical (unpaired) electrons. The fourth-order valence-corrected chi connectivity index (χ4v) is 2.76. The van der Waals surface area contributed by atoms with Crippen LogP contribution in [0.3, 0.4) is 0 Å². The number of hydrogen-bond acceptors (Lipinski definition) is 3. The van der Waals surface area contributed by atoms with E-state index in [0.717, 1.165) is 24.4 Å². The third kappa shape index (κ3) is 2.78. The molecule has 18 heavy (non-hydrogen) atoms. The lowest BCUT2D eigenvalue weighted by atomic mass is 10.0. The van der Waals surface area contributed by atoms with Crippen LogP contribution in [-0.4, -0.2) is 20.2 Å². The zero-order valence-electron chi connectivity index (χ0n) is 11.5. The second kappa shape index (κ2) is 6.10. The quantitative estimate of drug-likeness (QED) is 0.893. The number of benzene rings is 1. The molecule has 0 saturated carbocycles. The van der Waals surface area contributed by atoms with Crippen molar-refractivity contribution >= 4 is 5.69 Å². The molecule has 1 aromatic rings. The Balaban J connectivity index is 2.35. The molecule has 3 heteroatoms. The molecule has 2 rings (SSSR count). The summed E-state index contributed by atoms with van der Waals surface area (Å²) >= 11 is 0. The number of nitrogens with zero attached hydrogens (tertiary/aromatic N) is 1. The van der Waals surface area contributed by atoms with Gasteiger partial charge in [-0.05, 0) is 31.9 Å². The SMILES string of the molecule is COc1cccc(N2CCCCCC2)c1[C@H](C)N. The highest BCUT2D eigenvalue weighted by atomic mass is 16.5. The lowest BCUT2D eigenvalue weighted by molar-refractivity contribution is 0.407. The molecule has 0 amide bonds. The summed E-state index contributed by atoms with van der Waals surface area (Å²) in [6.07, 6.45) is 5.23. The topological polar surface area (TPSA) is 38.5 Å². The summed E-state index contributed by atoms with van der Waals surface area (Å²) in [6.45, 7) is 4.29. The van der Waals surface area contributed by atoms with E-state index in [9.17, 15) is 0 Å². The van der Waals surface area contributed by atoms with Crippen LogP contribution >= 0.6 is 0 Å². The van der Waals surface area contributed by atoms with Crippen LogP contribution in [0.5, 0.6) is 5.75 Å². The van der Waals surface area contributed by atoms with Crippen molar-refractivity contribution in [3.05, 3.63) is 23.8 Å². The van der Waals surface area contributed by atoms with Gasteiger partial charge in [0, 0.05) is 30.4 Å². The minimum Gasteiger partial charge on any atom is -0.496 e. The average Bonchev–Trinajstić information content (AvgIpc) is 2.66. The first-order valence-corrected chi connectivity index (χ1v) is 6.91. The largest absolute Gasteiger partial charge is 0.496 e. The standard InChI is InChI=1S/C15H24N2O/c1-12(16)15-13(8-7-9-14(15)18-2)17-10-5-3-4-6-11-17/h7-9,12H,3-6,10-11,16H2,1-2H3/t12-/m0/s1. The Bertz CT molecular complexity index is 382. The molecule has 100 valence electrons. The van der Waals surface area contributed by atoms with Crippen molar-refractivity contribution < 1.29 is 4.74 Å². The summed E-state index contributed by atoms with van der Waals surface area (Å²) < 4.78 is 5.46. The summed E-state index contributed by atoms with van der Waals surface area (Å²) in [6, 6.07) is 6.23. The third-order valence-electron chi connectivity index (χ3n) is 3.67. The van der Waals surface area contributed by atoms with Crippen molar-refractivity contribution in [1.82, 2.24) is 0 Å². The molecule has 1 fully saturated rings. The monoisotopic (exact) mass is 248 g/mol. The maximum absolute atomic E-state index is 6.13. The summed E-state index contributed by atoms with van der Waals surface area (Å²) in [5, 5.41) is 0. The fraction of sp³-hybridized carbons (Fsp3) is 0.600. The lowest BCUT2D eigenvalue weighted by Crippen LogP contribution is -2.26. The highest BCUT2D eigenvalue weighted by Gasteiger charge is 2.18. The second-order valence-corrected chi connectivity index (χ2v) is 5.08.